The van der Waals surface area contributed by atoms with Crippen LogP contribution in [0.5, 0.6) is 0 Å². The van der Waals surface area contributed by atoms with E-state index in [4.69, 9.17) is 5.11 Å². The van der Waals surface area contributed by atoms with Gasteiger partial charge in [0.05, 0.1) is 6.61 Å². The van der Waals surface area contributed by atoms with Crippen LogP contribution in [0.3, 0.4) is 0 Å². The lowest BCUT2D eigenvalue weighted by molar-refractivity contribution is 0.131. The molecule has 0 aliphatic carbocycles. The fourth-order valence-corrected chi connectivity index (χ4v) is 1.92. The lowest BCUT2D eigenvalue weighted by atomic mass is 9.88. The lowest BCUT2D eigenvalue weighted by Crippen LogP contribution is -2.44. The quantitative estimate of drug-likeness (QED) is 0.590. The van der Waals surface area contributed by atoms with Crippen molar-refractivity contribution in [1.82, 2.24) is 5.32 Å². The maximum Gasteiger partial charge on any atom is 0.0564 e. The third-order valence-electron chi connectivity index (χ3n) is 3.13. The van der Waals surface area contributed by atoms with Crippen LogP contribution in [0.25, 0.3) is 0 Å². The van der Waals surface area contributed by atoms with Gasteiger partial charge in [-0.1, -0.05) is 13.8 Å². The van der Waals surface area contributed by atoms with Crippen molar-refractivity contribution in [1.29, 1.82) is 0 Å². The average Bonchev–Trinajstić information content (AvgIpc) is 2.27. The molecule has 3 nitrogen and oxygen atoms in total. The van der Waals surface area contributed by atoms with Crippen molar-refractivity contribution in [2.75, 3.05) is 26.0 Å². The SMILES string of the molecule is CCC(C)(CO)CNC(C)C(CO)SC. The largest absolute Gasteiger partial charge is 0.396 e. The molecule has 0 aromatic rings. The van der Waals surface area contributed by atoms with Crippen molar-refractivity contribution >= 4 is 11.8 Å². The van der Waals surface area contributed by atoms with Crippen molar-refractivity contribution in [2.24, 2.45) is 5.41 Å². The van der Waals surface area contributed by atoms with E-state index in [1.54, 1.807) is 11.8 Å². The highest BCUT2D eigenvalue weighted by Crippen LogP contribution is 2.19. The molecule has 0 spiro atoms. The molecule has 0 saturated heterocycles. The van der Waals surface area contributed by atoms with Crippen LogP contribution in [0.4, 0.5) is 0 Å². The third kappa shape index (κ3) is 5.20. The molecule has 0 saturated carbocycles. The summed E-state index contributed by atoms with van der Waals surface area (Å²) in [4.78, 5) is 0. The van der Waals surface area contributed by atoms with Gasteiger partial charge in [0, 0.05) is 29.9 Å². The molecule has 0 amide bonds. The highest BCUT2D eigenvalue weighted by atomic mass is 32.2. The first-order valence-corrected chi connectivity index (χ1v) is 6.79. The van der Waals surface area contributed by atoms with Crippen LogP contribution in [0.1, 0.15) is 27.2 Å². The minimum absolute atomic E-state index is 0.0489. The second kappa shape index (κ2) is 7.49. The second-order valence-corrected chi connectivity index (χ2v) is 5.53. The summed E-state index contributed by atoms with van der Waals surface area (Å²) < 4.78 is 0. The molecule has 15 heavy (non-hydrogen) atoms. The summed E-state index contributed by atoms with van der Waals surface area (Å²) in [6.45, 7) is 7.41. The van der Waals surface area contributed by atoms with E-state index in [9.17, 15) is 5.11 Å². The zero-order valence-corrected chi connectivity index (χ0v) is 11.1. The van der Waals surface area contributed by atoms with Crippen molar-refractivity contribution in [3.63, 3.8) is 0 Å². The summed E-state index contributed by atoms with van der Waals surface area (Å²) in [6, 6.07) is 0.266. The smallest absolute Gasteiger partial charge is 0.0564 e. The fraction of sp³-hybridized carbons (Fsp3) is 1.00. The van der Waals surface area contributed by atoms with E-state index in [1.807, 2.05) is 6.26 Å². The van der Waals surface area contributed by atoms with Crippen LogP contribution in [0.15, 0.2) is 0 Å². The Balaban J connectivity index is 4.02. The molecular formula is C11H25NO2S. The van der Waals surface area contributed by atoms with Crippen molar-refractivity contribution in [3.8, 4) is 0 Å². The Morgan fingerprint density at radius 2 is 2.00 bits per heavy atom. The highest BCUT2D eigenvalue weighted by Gasteiger charge is 2.23. The van der Waals surface area contributed by atoms with Gasteiger partial charge in [0.15, 0.2) is 0 Å². The predicted molar refractivity (Wildman–Crippen MR) is 67.3 cm³/mol. The first-order valence-electron chi connectivity index (χ1n) is 5.51. The van der Waals surface area contributed by atoms with Gasteiger partial charge in [-0.25, -0.2) is 0 Å². The summed E-state index contributed by atoms with van der Waals surface area (Å²) in [7, 11) is 0. The molecule has 3 unspecified atom stereocenters. The van der Waals surface area contributed by atoms with Crippen LogP contribution in [0, 0.1) is 5.41 Å². The number of aliphatic hydroxyl groups is 2. The summed E-state index contributed by atoms with van der Waals surface area (Å²) in [5.74, 6) is 0. The molecule has 0 fully saturated rings. The zero-order chi connectivity index (χ0) is 11.9. The van der Waals surface area contributed by atoms with Gasteiger partial charge in [-0.2, -0.15) is 11.8 Å². The van der Waals surface area contributed by atoms with Gasteiger partial charge < -0.3 is 15.5 Å². The number of thioether (sulfide) groups is 1. The van der Waals surface area contributed by atoms with E-state index in [0.29, 0.717) is 0 Å². The zero-order valence-electron chi connectivity index (χ0n) is 10.3. The first kappa shape index (κ1) is 15.2. The van der Waals surface area contributed by atoms with Gasteiger partial charge in [-0.3, -0.25) is 0 Å². The lowest BCUT2D eigenvalue weighted by Gasteiger charge is -2.30. The van der Waals surface area contributed by atoms with E-state index in [1.165, 1.54) is 0 Å². The van der Waals surface area contributed by atoms with Gasteiger partial charge in [0.25, 0.3) is 0 Å². The van der Waals surface area contributed by atoms with Crippen LogP contribution in [-0.2, 0) is 0 Å². The van der Waals surface area contributed by atoms with Gasteiger partial charge in [-0.05, 0) is 19.6 Å². The van der Waals surface area contributed by atoms with E-state index in [2.05, 4.69) is 26.1 Å². The molecule has 0 aromatic heterocycles. The minimum atomic E-state index is -0.0489. The summed E-state index contributed by atoms with van der Waals surface area (Å²) >= 11 is 1.67. The number of nitrogens with one attached hydrogen (secondary N) is 1. The Bertz CT molecular complexity index is 159. The second-order valence-electron chi connectivity index (χ2n) is 4.45. The number of rotatable bonds is 8. The maximum absolute atomic E-state index is 9.26. The standard InChI is InChI=1S/C11H25NO2S/c1-5-11(3,8-14)7-12-9(2)10(6-13)15-4/h9-10,12-14H,5-8H2,1-4H3. The molecule has 4 heteroatoms. The topological polar surface area (TPSA) is 52.5 Å². The maximum atomic E-state index is 9.26. The Morgan fingerprint density at radius 3 is 2.33 bits per heavy atom. The molecule has 0 aliphatic heterocycles. The third-order valence-corrected chi connectivity index (χ3v) is 4.29. The monoisotopic (exact) mass is 235 g/mol. The fourth-order valence-electron chi connectivity index (χ4n) is 1.27. The summed E-state index contributed by atoms with van der Waals surface area (Å²) in [5, 5.41) is 22.0. The molecule has 0 aromatic carbocycles. The molecule has 0 rings (SSSR count). The number of hydrogen-bond acceptors (Lipinski definition) is 4. The van der Waals surface area contributed by atoms with Crippen LogP contribution >= 0.6 is 11.8 Å². The summed E-state index contributed by atoms with van der Waals surface area (Å²) in [6.07, 6.45) is 2.95. The minimum Gasteiger partial charge on any atom is -0.396 e. The van der Waals surface area contributed by atoms with Gasteiger partial charge in [0.1, 0.15) is 0 Å². The Morgan fingerprint density at radius 1 is 1.40 bits per heavy atom. The molecule has 0 aliphatic rings. The Kier molecular flexibility index (Phi) is 7.61. The number of aliphatic hydroxyl groups excluding tert-OH is 2. The van der Waals surface area contributed by atoms with Gasteiger partial charge in [0.2, 0.25) is 0 Å². The van der Waals surface area contributed by atoms with Gasteiger partial charge >= 0.3 is 0 Å². The Labute approximate surface area is 97.7 Å². The van der Waals surface area contributed by atoms with Gasteiger partial charge in [-0.15, -0.1) is 0 Å². The highest BCUT2D eigenvalue weighted by molar-refractivity contribution is 7.99. The predicted octanol–water partition coefficient (Wildman–Crippen LogP) is 1.10. The molecule has 92 valence electrons. The normalized spacial score (nSPS) is 19.6. The molecule has 3 N–H and O–H groups in total. The van der Waals surface area contributed by atoms with Crippen LogP contribution in [-0.4, -0.2) is 47.5 Å². The average molecular weight is 235 g/mol. The first-order chi connectivity index (χ1) is 7.02. The molecule has 0 heterocycles. The van der Waals surface area contributed by atoms with Crippen molar-refractivity contribution in [3.05, 3.63) is 0 Å². The van der Waals surface area contributed by atoms with Crippen molar-refractivity contribution < 1.29 is 10.2 Å². The van der Waals surface area contributed by atoms with Crippen molar-refractivity contribution in [2.45, 2.75) is 38.5 Å². The van der Waals surface area contributed by atoms with E-state index in [0.717, 1.165) is 13.0 Å². The molecule has 0 bridgehead atoms. The van der Waals surface area contributed by atoms with Crippen LogP contribution in [0.2, 0.25) is 0 Å². The van der Waals surface area contributed by atoms with Crippen LogP contribution < -0.4 is 5.32 Å². The molecule has 3 atom stereocenters. The molecular weight excluding hydrogens is 210 g/mol. The summed E-state index contributed by atoms with van der Waals surface area (Å²) in [5.41, 5.74) is -0.0489. The van der Waals surface area contributed by atoms with E-state index in [-0.39, 0.29) is 29.9 Å². The Hall–Kier alpha value is 0.230. The number of hydrogen-bond donors (Lipinski definition) is 3. The van der Waals surface area contributed by atoms with E-state index >= 15 is 0 Å². The van der Waals surface area contributed by atoms with E-state index < -0.39 is 0 Å². The molecule has 0 radical (unpaired) electrons.